The van der Waals surface area contributed by atoms with E-state index in [9.17, 15) is 4.79 Å². The van der Waals surface area contributed by atoms with Crippen LogP contribution in [0.5, 0.6) is 0 Å². The highest BCUT2D eigenvalue weighted by atomic mass is 79.9. The monoisotopic (exact) mass is 340 g/mol. The van der Waals surface area contributed by atoms with Crippen molar-refractivity contribution in [3.63, 3.8) is 0 Å². The second-order valence-electron chi connectivity index (χ2n) is 3.97. The first kappa shape index (κ1) is 12.4. The first-order valence-electron chi connectivity index (χ1n) is 5.58. The van der Waals surface area contributed by atoms with Gasteiger partial charge in [0.15, 0.2) is 5.82 Å². The highest BCUT2D eigenvalue weighted by Gasteiger charge is 2.23. The van der Waals surface area contributed by atoms with Gasteiger partial charge in [0.05, 0.1) is 10.7 Å². The lowest BCUT2D eigenvalue weighted by atomic mass is 10.1. The number of nitrogens with one attached hydrogen (secondary N) is 1. The maximum absolute atomic E-state index is 12.3. The Kier molecular flexibility index (Phi) is 3.38. The van der Waals surface area contributed by atoms with E-state index in [4.69, 9.17) is 0 Å². The molecule has 0 radical (unpaired) electrons. The Balaban J connectivity index is 1.74. The summed E-state index contributed by atoms with van der Waals surface area (Å²) in [7, 11) is 0. The Morgan fingerprint density at radius 1 is 1.53 bits per heavy atom. The SMILES string of the molecule is O=C(c1sncc1Br)N1CC=C(c2nn[nH]n2)CC1. The molecule has 2 aromatic heterocycles. The zero-order valence-electron chi connectivity index (χ0n) is 9.71. The second-order valence-corrected chi connectivity index (χ2v) is 5.62. The summed E-state index contributed by atoms with van der Waals surface area (Å²) in [5, 5.41) is 13.8. The van der Waals surface area contributed by atoms with E-state index < -0.39 is 0 Å². The molecular formula is C10H9BrN6OS. The number of nitrogens with zero attached hydrogens (tertiary/aromatic N) is 5. The molecule has 0 aliphatic carbocycles. The first-order valence-corrected chi connectivity index (χ1v) is 7.14. The van der Waals surface area contributed by atoms with Gasteiger partial charge in [-0.05, 0) is 39.1 Å². The Labute approximate surface area is 121 Å². The predicted octanol–water partition coefficient (Wildman–Crippen LogP) is 1.35. The summed E-state index contributed by atoms with van der Waals surface area (Å²) < 4.78 is 4.74. The van der Waals surface area contributed by atoms with Crippen LogP contribution in [0.2, 0.25) is 0 Å². The molecule has 0 fully saturated rings. The van der Waals surface area contributed by atoms with Crippen molar-refractivity contribution in [2.24, 2.45) is 0 Å². The molecule has 0 bridgehead atoms. The number of rotatable bonds is 2. The summed E-state index contributed by atoms with van der Waals surface area (Å²) in [6.45, 7) is 1.19. The average molecular weight is 341 g/mol. The maximum atomic E-state index is 12.3. The number of amides is 1. The van der Waals surface area contributed by atoms with E-state index in [2.05, 4.69) is 40.9 Å². The fraction of sp³-hybridized carbons (Fsp3) is 0.300. The fourth-order valence-electron chi connectivity index (χ4n) is 1.87. The van der Waals surface area contributed by atoms with Gasteiger partial charge in [-0.15, -0.1) is 10.2 Å². The molecule has 1 N–H and O–H groups in total. The van der Waals surface area contributed by atoms with Gasteiger partial charge in [-0.25, -0.2) is 0 Å². The minimum absolute atomic E-state index is 0.00205. The molecule has 19 heavy (non-hydrogen) atoms. The lowest BCUT2D eigenvalue weighted by molar-refractivity contribution is 0.0777. The third kappa shape index (κ3) is 2.43. The van der Waals surface area contributed by atoms with Crippen LogP contribution in [-0.4, -0.2) is 48.9 Å². The number of halogens is 1. The minimum Gasteiger partial charge on any atom is -0.334 e. The normalized spacial score (nSPS) is 15.4. The molecular weight excluding hydrogens is 332 g/mol. The van der Waals surface area contributed by atoms with Gasteiger partial charge in [0, 0.05) is 18.7 Å². The van der Waals surface area contributed by atoms with Crippen LogP contribution < -0.4 is 0 Å². The summed E-state index contributed by atoms with van der Waals surface area (Å²) in [5.41, 5.74) is 1.01. The topological polar surface area (TPSA) is 87.7 Å². The number of aromatic amines is 1. The van der Waals surface area contributed by atoms with Gasteiger partial charge in [-0.1, -0.05) is 6.08 Å². The lowest BCUT2D eigenvalue weighted by Gasteiger charge is -2.25. The van der Waals surface area contributed by atoms with Crippen LogP contribution in [0, 0.1) is 0 Å². The molecule has 0 saturated heterocycles. The van der Waals surface area contributed by atoms with Crippen molar-refractivity contribution in [3.05, 3.63) is 27.4 Å². The number of carbonyl (C=O) groups excluding carboxylic acids is 1. The van der Waals surface area contributed by atoms with Gasteiger partial charge in [-0.3, -0.25) is 4.79 Å². The molecule has 0 unspecified atom stereocenters. The van der Waals surface area contributed by atoms with Crippen molar-refractivity contribution in [3.8, 4) is 0 Å². The molecule has 2 aromatic rings. The Bertz CT molecular complexity index is 622. The number of hydrogen-bond donors (Lipinski definition) is 1. The van der Waals surface area contributed by atoms with E-state index in [-0.39, 0.29) is 5.91 Å². The third-order valence-electron chi connectivity index (χ3n) is 2.85. The van der Waals surface area contributed by atoms with Crippen LogP contribution in [-0.2, 0) is 0 Å². The Morgan fingerprint density at radius 2 is 2.42 bits per heavy atom. The second kappa shape index (κ2) is 5.17. The van der Waals surface area contributed by atoms with Gasteiger partial charge in [-0.2, -0.15) is 9.59 Å². The summed E-state index contributed by atoms with van der Waals surface area (Å²) in [4.78, 5) is 14.7. The zero-order chi connectivity index (χ0) is 13.2. The standard InChI is InChI=1S/C10H9BrN6OS/c11-7-5-12-19-8(7)10(18)17-3-1-6(2-4-17)9-13-15-16-14-9/h1,5H,2-4H2,(H,13,14,15,16). The van der Waals surface area contributed by atoms with E-state index in [1.54, 1.807) is 11.1 Å². The molecule has 0 spiro atoms. The van der Waals surface area contributed by atoms with Crippen molar-refractivity contribution in [2.75, 3.05) is 13.1 Å². The third-order valence-corrected chi connectivity index (χ3v) is 4.50. The van der Waals surface area contributed by atoms with Gasteiger partial charge in [0.2, 0.25) is 0 Å². The van der Waals surface area contributed by atoms with E-state index in [0.29, 0.717) is 23.8 Å². The Hall–Kier alpha value is -1.61. The molecule has 3 rings (SSSR count). The molecule has 0 atom stereocenters. The number of tetrazole rings is 1. The summed E-state index contributed by atoms with van der Waals surface area (Å²) in [5.74, 6) is 0.601. The van der Waals surface area contributed by atoms with Crippen LogP contribution in [0.1, 0.15) is 21.9 Å². The fourth-order valence-corrected chi connectivity index (χ4v) is 3.10. The van der Waals surface area contributed by atoms with Crippen LogP contribution in [0.15, 0.2) is 16.7 Å². The number of H-pyrrole nitrogens is 1. The molecule has 0 saturated carbocycles. The van der Waals surface area contributed by atoms with Gasteiger partial charge in [0.25, 0.3) is 5.91 Å². The predicted molar refractivity (Wildman–Crippen MR) is 72.5 cm³/mol. The molecule has 7 nitrogen and oxygen atoms in total. The van der Waals surface area contributed by atoms with E-state index in [1.165, 1.54) is 11.5 Å². The molecule has 1 amide bonds. The van der Waals surface area contributed by atoms with E-state index in [1.807, 2.05) is 6.08 Å². The smallest absolute Gasteiger partial charge is 0.267 e. The maximum Gasteiger partial charge on any atom is 0.267 e. The quantitative estimate of drug-likeness (QED) is 0.891. The Morgan fingerprint density at radius 3 is 3.00 bits per heavy atom. The van der Waals surface area contributed by atoms with Gasteiger partial charge in [0.1, 0.15) is 4.88 Å². The summed E-state index contributed by atoms with van der Waals surface area (Å²) in [6, 6.07) is 0. The van der Waals surface area contributed by atoms with E-state index in [0.717, 1.165) is 16.5 Å². The zero-order valence-corrected chi connectivity index (χ0v) is 12.1. The summed E-state index contributed by atoms with van der Waals surface area (Å²) >= 11 is 4.53. The van der Waals surface area contributed by atoms with Gasteiger partial charge < -0.3 is 4.90 Å². The number of carbonyl (C=O) groups is 1. The van der Waals surface area contributed by atoms with Crippen LogP contribution in [0.3, 0.4) is 0 Å². The molecule has 3 heterocycles. The summed E-state index contributed by atoms with van der Waals surface area (Å²) in [6.07, 6.45) is 4.32. The van der Waals surface area contributed by atoms with Crippen molar-refractivity contribution in [1.29, 1.82) is 0 Å². The number of hydrogen-bond acceptors (Lipinski definition) is 6. The van der Waals surface area contributed by atoms with Crippen LogP contribution >= 0.6 is 27.5 Å². The molecule has 1 aliphatic rings. The van der Waals surface area contributed by atoms with E-state index >= 15 is 0 Å². The number of aromatic nitrogens is 5. The highest BCUT2D eigenvalue weighted by Crippen LogP contribution is 2.24. The highest BCUT2D eigenvalue weighted by molar-refractivity contribution is 9.10. The van der Waals surface area contributed by atoms with Crippen molar-refractivity contribution in [1.82, 2.24) is 29.9 Å². The van der Waals surface area contributed by atoms with Crippen molar-refractivity contribution < 1.29 is 4.79 Å². The van der Waals surface area contributed by atoms with Crippen molar-refractivity contribution >= 4 is 38.9 Å². The molecule has 1 aliphatic heterocycles. The molecule has 0 aromatic carbocycles. The molecule has 98 valence electrons. The molecule has 9 heteroatoms. The van der Waals surface area contributed by atoms with Crippen LogP contribution in [0.4, 0.5) is 0 Å². The van der Waals surface area contributed by atoms with Crippen molar-refractivity contribution in [2.45, 2.75) is 6.42 Å². The lowest BCUT2D eigenvalue weighted by Crippen LogP contribution is -2.34. The largest absolute Gasteiger partial charge is 0.334 e. The van der Waals surface area contributed by atoms with Gasteiger partial charge >= 0.3 is 0 Å². The first-order chi connectivity index (χ1) is 9.25. The average Bonchev–Trinajstić information content (AvgIpc) is 3.09. The minimum atomic E-state index is -0.00205. The van der Waals surface area contributed by atoms with Crippen LogP contribution in [0.25, 0.3) is 5.57 Å².